The Morgan fingerprint density at radius 1 is 0.971 bits per heavy atom. The van der Waals surface area contributed by atoms with Crippen LogP contribution in [0.15, 0.2) is 72.8 Å². The van der Waals surface area contributed by atoms with E-state index in [1.54, 1.807) is 0 Å². The van der Waals surface area contributed by atoms with Gasteiger partial charge >= 0.3 is 0 Å². The Hall–Kier alpha value is -1.68. The summed E-state index contributed by atoms with van der Waals surface area (Å²) < 4.78 is 0. The predicted molar refractivity (Wildman–Crippen MR) is 153 cm³/mol. The fourth-order valence-corrected chi connectivity index (χ4v) is 10.0. The quantitative estimate of drug-likeness (QED) is 0.270. The molecule has 1 saturated carbocycles. The van der Waals surface area contributed by atoms with Crippen molar-refractivity contribution in [1.82, 2.24) is 0 Å². The first-order chi connectivity index (χ1) is 16.4. The van der Waals surface area contributed by atoms with Crippen LogP contribution >= 0.6 is 0 Å². The van der Waals surface area contributed by atoms with E-state index in [0.717, 1.165) is 36.1 Å². The van der Waals surface area contributed by atoms with E-state index in [4.69, 9.17) is 0 Å². The Kier molecular flexibility index (Phi) is 8.89. The van der Waals surface area contributed by atoms with Gasteiger partial charge in [0.1, 0.15) is 0 Å². The van der Waals surface area contributed by atoms with Gasteiger partial charge in [0.2, 0.25) is 0 Å². The van der Waals surface area contributed by atoms with Gasteiger partial charge in [-0.05, 0) is 77.1 Å². The van der Waals surface area contributed by atoms with Crippen LogP contribution in [-0.4, -0.2) is 24.3 Å². The maximum absolute atomic E-state index is 12.5. The summed E-state index contributed by atoms with van der Waals surface area (Å²) >= 11 is 0. The molecule has 0 amide bonds. The molecule has 2 aromatic carbocycles. The third kappa shape index (κ3) is 5.68. The number of aliphatic hydroxyl groups excluding tert-OH is 1. The molecule has 35 heavy (non-hydrogen) atoms. The molecule has 2 N–H and O–H groups in total. The van der Waals surface area contributed by atoms with Crippen molar-refractivity contribution in [3.8, 4) is 0 Å². The zero-order valence-corrected chi connectivity index (χ0v) is 23.9. The zero-order chi connectivity index (χ0) is 25.9. The van der Waals surface area contributed by atoms with Gasteiger partial charge in [-0.25, -0.2) is 0 Å². The lowest BCUT2D eigenvalue weighted by molar-refractivity contribution is 0.0992. The van der Waals surface area contributed by atoms with Crippen LogP contribution in [0, 0.1) is 23.2 Å². The van der Waals surface area contributed by atoms with Gasteiger partial charge in [-0.15, -0.1) is 0 Å². The fourth-order valence-electron chi connectivity index (χ4n) is 6.25. The molecular formula is C32H48O2Si. The van der Waals surface area contributed by atoms with Crippen molar-refractivity contribution < 1.29 is 9.90 Å². The Morgan fingerprint density at radius 3 is 1.97 bits per heavy atom. The Balaban J connectivity index is 1.75. The smallest absolute Gasteiger partial charge is 0.258 e. The van der Waals surface area contributed by atoms with E-state index in [1.807, 2.05) is 36.4 Å². The molecule has 0 aliphatic heterocycles. The monoisotopic (exact) mass is 492 g/mol. The number of hydrogen-bond donors (Lipinski definition) is 2. The normalized spacial score (nSPS) is 23.0. The molecule has 0 heterocycles. The maximum atomic E-state index is 12.5. The van der Waals surface area contributed by atoms with Gasteiger partial charge in [0.25, 0.3) is 8.32 Å². The fraction of sp³-hybridized carbons (Fsp3) is 0.562. The van der Waals surface area contributed by atoms with Crippen LogP contribution in [0.4, 0.5) is 0 Å². The molecule has 4 atom stereocenters. The Bertz CT molecular complexity index is 913. The highest BCUT2D eigenvalue weighted by molar-refractivity contribution is 6.98. The molecule has 3 heteroatoms. The number of aliphatic hydroxyl groups is 1. The number of hydrogen-bond acceptors (Lipinski definition) is 2. The lowest BCUT2D eigenvalue weighted by Gasteiger charge is -2.42. The second-order valence-corrected chi connectivity index (χ2v) is 16.3. The molecule has 192 valence electrons. The standard InChI is InChI=1S/C32H48O2Si/c1-24(2)30(33)19-18-25(3)32(7)23-21-27(26(32)4)20-22-31(5,6)35(34,28-14-10-8-11-15-28)29-16-12-9-13-17-29/h8-17,24-25,27,30,33-34H,4,18-23H2,1-3,5-7H3/t25-,27+,30-,32+/m0/s1. The summed E-state index contributed by atoms with van der Waals surface area (Å²) in [5.41, 5.74) is 1.53. The molecule has 0 spiro atoms. The van der Waals surface area contributed by atoms with Crippen molar-refractivity contribution in [3.63, 3.8) is 0 Å². The van der Waals surface area contributed by atoms with E-state index in [-0.39, 0.29) is 16.6 Å². The first kappa shape index (κ1) is 27.9. The molecule has 0 saturated heterocycles. The molecule has 2 aromatic rings. The van der Waals surface area contributed by atoms with Crippen molar-refractivity contribution in [3.05, 3.63) is 72.8 Å². The number of rotatable bonds is 11. The maximum Gasteiger partial charge on any atom is 0.258 e. The van der Waals surface area contributed by atoms with Crippen LogP contribution in [0.2, 0.25) is 5.04 Å². The second-order valence-electron chi connectivity index (χ2n) is 12.3. The van der Waals surface area contributed by atoms with Crippen molar-refractivity contribution in [2.24, 2.45) is 23.2 Å². The summed E-state index contributed by atoms with van der Waals surface area (Å²) in [7, 11) is -2.97. The van der Waals surface area contributed by atoms with Crippen molar-refractivity contribution in [2.45, 2.75) is 91.2 Å². The van der Waals surface area contributed by atoms with Crippen LogP contribution in [-0.2, 0) is 0 Å². The molecule has 3 rings (SSSR count). The van der Waals surface area contributed by atoms with Gasteiger partial charge in [-0.3, -0.25) is 0 Å². The molecular weight excluding hydrogens is 444 g/mol. The zero-order valence-electron chi connectivity index (χ0n) is 22.9. The van der Waals surface area contributed by atoms with E-state index in [1.165, 1.54) is 18.4 Å². The van der Waals surface area contributed by atoms with Crippen molar-refractivity contribution >= 4 is 18.7 Å². The summed E-state index contributed by atoms with van der Waals surface area (Å²) in [6.45, 7) is 18.1. The number of benzene rings is 2. The van der Waals surface area contributed by atoms with Crippen LogP contribution in [0.25, 0.3) is 0 Å². The predicted octanol–water partition coefficient (Wildman–Crippen LogP) is 6.70. The molecule has 2 nitrogen and oxygen atoms in total. The summed E-state index contributed by atoms with van der Waals surface area (Å²) in [6.07, 6.45) is 6.09. The van der Waals surface area contributed by atoms with Gasteiger partial charge in [0.15, 0.2) is 0 Å². The van der Waals surface area contributed by atoms with E-state index in [9.17, 15) is 9.90 Å². The molecule has 0 bridgehead atoms. The summed E-state index contributed by atoms with van der Waals surface area (Å²) in [4.78, 5) is 12.5. The van der Waals surface area contributed by atoms with Crippen molar-refractivity contribution in [1.29, 1.82) is 0 Å². The largest absolute Gasteiger partial charge is 0.424 e. The second kappa shape index (κ2) is 11.1. The lowest BCUT2D eigenvalue weighted by atomic mass is 9.70. The minimum atomic E-state index is -2.97. The van der Waals surface area contributed by atoms with E-state index in [0.29, 0.717) is 17.8 Å². The SMILES string of the molecule is C=C1[C@H](CCC(C)(C)[Si](O)(c2ccccc2)c2ccccc2)CC[C@]1(C)[C@@H](C)CC[C@H](O)C(C)C. The van der Waals surface area contributed by atoms with Crippen LogP contribution in [0.5, 0.6) is 0 Å². The van der Waals surface area contributed by atoms with Crippen LogP contribution < -0.4 is 10.4 Å². The van der Waals surface area contributed by atoms with Gasteiger partial charge in [-0.1, -0.05) is 114 Å². The van der Waals surface area contributed by atoms with Crippen molar-refractivity contribution in [2.75, 3.05) is 0 Å². The first-order valence-corrected chi connectivity index (χ1v) is 15.6. The van der Waals surface area contributed by atoms with Crippen LogP contribution in [0.3, 0.4) is 0 Å². The average molecular weight is 493 g/mol. The molecule has 1 aliphatic rings. The third-order valence-corrected chi connectivity index (χ3v) is 14.0. The summed E-state index contributed by atoms with van der Waals surface area (Å²) in [6, 6.07) is 20.7. The molecule has 1 aliphatic carbocycles. The summed E-state index contributed by atoms with van der Waals surface area (Å²) in [5.74, 6) is 1.33. The lowest BCUT2D eigenvalue weighted by Crippen LogP contribution is -2.65. The average Bonchev–Trinajstić information content (AvgIpc) is 3.15. The molecule has 1 fully saturated rings. The Morgan fingerprint density at radius 2 is 1.49 bits per heavy atom. The van der Waals surface area contributed by atoms with E-state index in [2.05, 4.69) is 72.4 Å². The van der Waals surface area contributed by atoms with E-state index >= 15 is 0 Å². The van der Waals surface area contributed by atoms with Gasteiger partial charge in [0.05, 0.1) is 6.10 Å². The van der Waals surface area contributed by atoms with Gasteiger partial charge in [-0.2, -0.15) is 0 Å². The number of allylic oxidation sites excluding steroid dienone is 1. The molecule has 0 aromatic heterocycles. The summed E-state index contributed by atoms with van der Waals surface area (Å²) in [5, 5.41) is 12.3. The highest BCUT2D eigenvalue weighted by Gasteiger charge is 2.50. The van der Waals surface area contributed by atoms with E-state index < -0.39 is 8.32 Å². The van der Waals surface area contributed by atoms with Gasteiger partial charge in [0, 0.05) is 0 Å². The van der Waals surface area contributed by atoms with Gasteiger partial charge < -0.3 is 9.90 Å². The highest BCUT2D eigenvalue weighted by Crippen LogP contribution is 2.54. The topological polar surface area (TPSA) is 40.5 Å². The molecule has 0 radical (unpaired) electrons. The first-order valence-electron chi connectivity index (χ1n) is 13.6. The molecule has 0 unspecified atom stereocenters. The Labute approximate surface area is 215 Å². The highest BCUT2D eigenvalue weighted by atomic mass is 28.4. The van der Waals surface area contributed by atoms with Crippen LogP contribution in [0.1, 0.15) is 80.1 Å². The minimum Gasteiger partial charge on any atom is -0.424 e. The minimum absolute atomic E-state index is 0.137. The third-order valence-electron chi connectivity index (χ3n) is 9.47.